The number of amidine groups is 1. The summed E-state index contributed by atoms with van der Waals surface area (Å²) >= 11 is 1.94. The second-order valence-corrected chi connectivity index (χ2v) is 4.69. The van der Waals surface area contributed by atoms with Crippen LogP contribution < -0.4 is 5.73 Å². The van der Waals surface area contributed by atoms with Crippen LogP contribution in [0.2, 0.25) is 0 Å². The van der Waals surface area contributed by atoms with E-state index in [1.165, 1.54) is 24.2 Å². The molecule has 0 unspecified atom stereocenters. The second-order valence-electron chi connectivity index (χ2n) is 3.59. The Morgan fingerprint density at radius 1 is 1.38 bits per heavy atom. The smallest absolute Gasteiger partial charge is 0.170 e. The maximum absolute atomic E-state index is 8.52. The van der Waals surface area contributed by atoms with Crippen LogP contribution >= 0.6 is 11.8 Å². The summed E-state index contributed by atoms with van der Waals surface area (Å²) in [5.41, 5.74) is 7.51. The molecule has 0 bridgehead atoms. The van der Waals surface area contributed by atoms with Gasteiger partial charge in [0.15, 0.2) is 5.84 Å². The summed E-state index contributed by atoms with van der Waals surface area (Å²) in [5, 5.41) is 11.5. The van der Waals surface area contributed by atoms with Crippen molar-refractivity contribution >= 4 is 17.6 Å². The van der Waals surface area contributed by atoms with Gasteiger partial charge in [0, 0.05) is 11.3 Å². The molecule has 0 fully saturated rings. The summed E-state index contributed by atoms with van der Waals surface area (Å²) in [4.78, 5) is 0. The molecule has 0 amide bonds. The van der Waals surface area contributed by atoms with Crippen molar-refractivity contribution in [1.82, 2.24) is 0 Å². The number of thioether (sulfide) groups is 1. The van der Waals surface area contributed by atoms with Gasteiger partial charge in [-0.25, -0.2) is 0 Å². The van der Waals surface area contributed by atoms with Crippen LogP contribution in [0.15, 0.2) is 29.4 Å². The lowest BCUT2D eigenvalue weighted by Crippen LogP contribution is -2.12. The molecule has 3 nitrogen and oxygen atoms in total. The number of hydrogen-bond donors (Lipinski definition) is 2. The number of rotatable bonds is 6. The molecule has 1 aromatic rings. The highest BCUT2D eigenvalue weighted by molar-refractivity contribution is 7.98. The van der Waals surface area contributed by atoms with E-state index < -0.39 is 0 Å². The second kappa shape index (κ2) is 7.17. The maximum Gasteiger partial charge on any atom is 0.170 e. The van der Waals surface area contributed by atoms with E-state index in [4.69, 9.17) is 10.9 Å². The lowest BCUT2D eigenvalue weighted by Gasteiger charge is -2.03. The van der Waals surface area contributed by atoms with Crippen molar-refractivity contribution in [2.24, 2.45) is 10.9 Å². The van der Waals surface area contributed by atoms with Gasteiger partial charge >= 0.3 is 0 Å². The van der Waals surface area contributed by atoms with Gasteiger partial charge in [-0.05, 0) is 17.7 Å². The molecule has 0 atom stereocenters. The first-order chi connectivity index (χ1) is 7.77. The first-order valence-electron chi connectivity index (χ1n) is 5.42. The highest BCUT2D eigenvalue weighted by Gasteiger charge is 1.99. The average molecular weight is 238 g/mol. The minimum Gasteiger partial charge on any atom is -0.409 e. The van der Waals surface area contributed by atoms with E-state index in [1.807, 2.05) is 36.0 Å². The van der Waals surface area contributed by atoms with Crippen LogP contribution in [0.1, 0.15) is 30.9 Å². The van der Waals surface area contributed by atoms with Crippen molar-refractivity contribution in [2.45, 2.75) is 25.5 Å². The van der Waals surface area contributed by atoms with E-state index in [-0.39, 0.29) is 5.84 Å². The third-order valence-electron chi connectivity index (χ3n) is 2.27. The topological polar surface area (TPSA) is 58.6 Å². The summed E-state index contributed by atoms with van der Waals surface area (Å²) in [6, 6.07) is 7.80. The van der Waals surface area contributed by atoms with Gasteiger partial charge in [-0.3, -0.25) is 0 Å². The van der Waals surface area contributed by atoms with Gasteiger partial charge in [-0.1, -0.05) is 42.8 Å². The molecule has 4 heteroatoms. The average Bonchev–Trinajstić information content (AvgIpc) is 2.34. The highest BCUT2D eigenvalue weighted by atomic mass is 32.2. The summed E-state index contributed by atoms with van der Waals surface area (Å²) in [7, 11) is 0. The Balaban J connectivity index is 2.45. The van der Waals surface area contributed by atoms with Gasteiger partial charge < -0.3 is 10.9 Å². The van der Waals surface area contributed by atoms with Crippen LogP contribution in [0.4, 0.5) is 0 Å². The highest BCUT2D eigenvalue weighted by Crippen LogP contribution is 2.14. The monoisotopic (exact) mass is 238 g/mol. The van der Waals surface area contributed by atoms with Crippen molar-refractivity contribution in [3.8, 4) is 0 Å². The Bertz CT molecular complexity index is 335. The van der Waals surface area contributed by atoms with Crippen molar-refractivity contribution in [3.63, 3.8) is 0 Å². The third-order valence-corrected chi connectivity index (χ3v) is 3.38. The first-order valence-corrected chi connectivity index (χ1v) is 6.58. The molecule has 0 aliphatic rings. The van der Waals surface area contributed by atoms with Crippen LogP contribution in [0.25, 0.3) is 0 Å². The van der Waals surface area contributed by atoms with E-state index in [1.54, 1.807) is 0 Å². The predicted octanol–water partition coefficient (Wildman–Crippen LogP) is 2.81. The molecule has 0 spiro atoms. The van der Waals surface area contributed by atoms with Crippen molar-refractivity contribution < 1.29 is 5.21 Å². The molecule has 16 heavy (non-hydrogen) atoms. The lowest BCUT2D eigenvalue weighted by molar-refractivity contribution is 0.318. The Labute approximate surface area is 101 Å². The van der Waals surface area contributed by atoms with E-state index in [2.05, 4.69) is 12.1 Å². The number of hydrogen-bond acceptors (Lipinski definition) is 3. The zero-order valence-electron chi connectivity index (χ0n) is 9.52. The van der Waals surface area contributed by atoms with E-state index >= 15 is 0 Å². The Morgan fingerprint density at radius 2 is 2.06 bits per heavy atom. The number of oxime groups is 1. The number of nitrogens with zero attached hydrogens (tertiary/aromatic N) is 1. The molecule has 1 aromatic carbocycles. The van der Waals surface area contributed by atoms with Gasteiger partial charge in [0.25, 0.3) is 0 Å². The summed E-state index contributed by atoms with van der Waals surface area (Å²) in [5.74, 6) is 2.39. The van der Waals surface area contributed by atoms with Crippen molar-refractivity contribution in [2.75, 3.05) is 5.75 Å². The summed E-state index contributed by atoms with van der Waals surface area (Å²) in [6.07, 6.45) is 2.52. The van der Waals surface area contributed by atoms with Crippen LogP contribution in [-0.2, 0) is 5.75 Å². The van der Waals surface area contributed by atoms with Gasteiger partial charge in [0.1, 0.15) is 0 Å². The zero-order chi connectivity index (χ0) is 11.8. The normalized spacial score (nSPS) is 11.7. The Hall–Kier alpha value is -1.16. The fourth-order valence-electron chi connectivity index (χ4n) is 1.27. The van der Waals surface area contributed by atoms with Crippen LogP contribution in [0, 0.1) is 0 Å². The zero-order valence-corrected chi connectivity index (χ0v) is 10.3. The molecule has 0 saturated carbocycles. The third kappa shape index (κ3) is 4.14. The minimum absolute atomic E-state index is 0.158. The number of unbranched alkanes of at least 4 members (excludes halogenated alkanes) is 1. The molecule has 0 aliphatic carbocycles. The molecular formula is C12H18N2OS. The van der Waals surface area contributed by atoms with Crippen LogP contribution in [0.5, 0.6) is 0 Å². The summed E-state index contributed by atoms with van der Waals surface area (Å²) in [6.45, 7) is 2.20. The fraction of sp³-hybridized carbons (Fsp3) is 0.417. The lowest BCUT2D eigenvalue weighted by atomic mass is 10.1. The molecule has 0 aromatic heterocycles. The molecule has 0 radical (unpaired) electrons. The minimum atomic E-state index is 0.158. The van der Waals surface area contributed by atoms with Crippen molar-refractivity contribution in [1.29, 1.82) is 0 Å². The fourth-order valence-corrected chi connectivity index (χ4v) is 2.33. The van der Waals surface area contributed by atoms with E-state index in [0.717, 1.165) is 11.3 Å². The van der Waals surface area contributed by atoms with Crippen LogP contribution in [-0.4, -0.2) is 16.8 Å². The van der Waals surface area contributed by atoms with E-state index in [9.17, 15) is 0 Å². The van der Waals surface area contributed by atoms with E-state index in [0.29, 0.717) is 0 Å². The Morgan fingerprint density at radius 3 is 2.62 bits per heavy atom. The van der Waals surface area contributed by atoms with Gasteiger partial charge in [-0.2, -0.15) is 11.8 Å². The quantitative estimate of drug-likeness (QED) is 0.263. The molecule has 88 valence electrons. The molecule has 0 heterocycles. The maximum atomic E-state index is 8.52. The molecule has 0 aliphatic heterocycles. The largest absolute Gasteiger partial charge is 0.409 e. The predicted molar refractivity (Wildman–Crippen MR) is 70.0 cm³/mol. The summed E-state index contributed by atoms with van der Waals surface area (Å²) < 4.78 is 0. The number of nitrogens with two attached hydrogens (primary N) is 1. The van der Waals surface area contributed by atoms with Gasteiger partial charge in [0.05, 0.1) is 0 Å². The van der Waals surface area contributed by atoms with Crippen LogP contribution in [0.3, 0.4) is 0 Å². The first kappa shape index (κ1) is 12.9. The molecular weight excluding hydrogens is 220 g/mol. The van der Waals surface area contributed by atoms with Gasteiger partial charge in [0.2, 0.25) is 0 Å². The van der Waals surface area contributed by atoms with Gasteiger partial charge in [-0.15, -0.1) is 0 Å². The standard InChI is InChI=1S/C12H18N2OS/c1-2-3-8-16-9-10-4-6-11(7-5-10)12(13)14-15/h4-7,15H,2-3,8-9H2,1H3,(H2,13,14). The van der Waals surface area contributed by atoms with Crippen molar-refractivity contribution in [3.05, 3.63) is 35.4 Å². The molecule has 0 saturated heterocycles. The SMILES string of the molecule is CCCCSCc1ccc(/C(N)=N/O)cc1. The number of benzene rings is 1. The molecule has 3 N–H and O–H groups in total. The Kier molecular flexibility index (Phi) is 5.78. The molecule has 1 rings (SSSR count).